The van der Waals surface area contributed by atoms with Crippen molar-refractivity contribution in [3.8, 4) is 5.75 Å². The van der Waals surface area contributed by atoms with Crippen LogP contribution in [0.25, 0.3) is 0 Å². The SMILES string of the molecule is Cc1cc(C(C)(C)C)c(O)c(C)c1CC1=NCCN1.Cl.[NaH]. The molecule has 1 aliphatic heterocycles. The number of phenolic OH excluding ortho intramolecular Hbond substituents is 1. The molecular formula is C16H26ClN2NaO. The molecule has 21 heavy (non-hydrogen) atoms. The van der Waals surface area contributed by atoms with Crippen LogP contribution in [0.2, 0.25) is 0 Å². The van der Waals surface area contributed by atoms with Crippen LogP contribution in [0.4, 0.5) is 0 Å². The number of nitrogens with zero attached hydrogens (tertiary/aromatic N) is 1. The zero-order valence-electron chi connectivity index (χ0n) is 13.0. The molecule has 114 valence electrons. The van der Waals surface area contributed by atoms with E-state index in [0.29, 0.717) is 5.75 Å². The summed E-state index contributed by atoms with van der Waals surface area (Å²) in [4.78, 5) is 4.44. The Morgan fingerprint density at radius 1 is 1.29 bits per heavy atom. The second-order valence-electron chi connectivity index (χ2n) is 6.38. The van der Waals surface area contributed by atoms with Crippen molar-refractivity contribution in [3.63, 3.8) is 0 Å². The second-order valence-corrected chi connectivity index (χ2v) is 6.38. The normalized spacial score (nSPS) is 13.9. The van der Waals surface area contributed by atoms with E-state index in [1.54, 1.807) is 0 Å². The fourth-order valence-electron chi connectivity index (χ4n) is 2.59. The second kappa shape index (κ2) is 7.87. The zero-order valence-corrected chi connectivity index (χ0v) is 13.8. The van der Waals surface area contributed by atoms with Gasteiger partial charge in [-0.2, -0.15) is 0 Å². The number of phenols is 1. The summed E-state index contributed by atoms with van der Waals surface area (Å²) in [5, 5.41) is 13.7. The van der Waals surface area contributed by atoms with E-state index in [9.17, 15) is 5.11 Å². The topological polar surface area (TPSA) is 44.6 Å². The Balaban J connectivity index is 0.00000200. The van der Waals surface area contributed by atoms with E-state index >= 15 is 0 Å². The van der Waals surface area contributed by atoms with Crippen molar-refractivity contribution in [1.82, 2.24) is 5.32 Å². The Hall–Kier alpha value is -0.220. The van der Waals surface area contributed by atoms with Gasteiger partial charge in [0.15, 0.2) is 0 Å². The van der Waals surface area contributed by atoms with Gasteiger partial charge in [0.1, 0.15) is 11.6 Å². The number of hydrogen-bond acceptors (Lipinski definition) is 3. The van der Waals surface area contributed by atoms with E-state index in [1.165, 1.54) is 11.1 Å². The fourth-order valence-corrected chi connectivity index (χ4v) is 2.59. The molecule has 0 saturated carbocycles. The first-order chi connectivity index (χ1) is 8.80. The summed E-state index contributed by atoms with van der Waals surface area (Å²) < 4.78 is 0. The van der Waals surface area contributed by atoms with Gasteiger partial charge in [0, 0.05) is 13.0 Å². The molecule has 0 spiro atoms. The third-order valence-electron chi connectivity index (χ3n) is 3.80. The molecule has 1 aromatic carbocycles. The average molecular weight is 321 g/mol. The molecule has 3 nitrogen and oxygen atoms in total. The van der Waals surface area contributed by atoms with Crippen LogP contribution in [-0.2, 0) is 11.8 Å². The van der Waals surface area contributed by atoms with Gasteiger partial charge in [0.05, 0.1) is 6.54 Å². The average Bonchev–Trinajstić information content (AvgIpc) is 2.80. The third kappa shape index (κ3) is 4.62. The number of nitrogens with one attached hydrogen (secondary N) is 1. The third-order valence-corrected chi connectivity index (χ3v) is 3.80. The Kier molecular flexibility index (Phi) is 7.78. The maximum absolute atomic E-state index is 10.5. The molecule has 2 rings (SSSR count). The molecule has 1 aliphatic rings. The number of benzene rings is 1. The summed E-state index contributed by atoms with van der Waals surface area (Å²) >= 11 is 0. The van der Waals surface area contributed by atoms with Gasteiger partial charge in [-0.25, -0.2) is 0 Å². The van der Waals surface area contributed by atoms with Crippen LogP contribution in [0.3, 0.4) is 0 Å². The van der Waals surface area contributed by atoms with E-state index in [-0.39, 0.29) is 47.4 Å². The molecule has 0 saturated heterocycles. The van der Waals surface area contributed by atoms with E-state index in [2.05, 4.69) is 44.1 Å². The standard InChI is InChI=1S/C16H24N2O.ClH.Na.H/c1-10-8-13(16(3,4)5)15(19)11(2)12(10)9-14-17-6-7-18-14;;;/h8,19H,6-7,9H2,1-5H3,(H,17,18);1H;;. The summed E-state index contributed by atoms with van der Waals surface area (Å²) in [7, 11) is 0. The van der Waals surface area contributed by atoms with E-state index in [0.717, 1.165) is 36.5 Å². The first kappa shape index (κ1) is 20.8. The van der Waals surface area contributed by atoms with Crippen molar-refractivity contribution in [2.24, 2.45) is 4.99 Å². The number of aryl methyl sites for hydroxylation is 1. The van der Waals surface area contributed by atoms with Crippen molar-refractivity contribution in [2.45, 2.75) is 46.5 Å². The molecule has 0 fully saturated rings. The first-order valence-electron chi connectivity index (χ1n) is 6.90. The number of hydrogen-bond donors (Lipinski definition) is 2. The van der Waals surface area contributed by atoms with Gasteiger partial charge in [-0.05, 0) is 41.5 Å². The molecule has 1 aromatic rings. The van der Waals surface area contributed by atoms with E-state index in [4.69, 9.17) is 0 Å². The molecule has 0 aliphatic carbocycles. The molecule has 0 bridgehead atoms. The first-order valence-corrected chi connectivity index (χ1v) is 6.90. The summed E-state index contributed by atoms with van der Waals surface area (Å²) in [5.41, 5.74) is 4.39. The van der Waals surface area contributed by atoms with Gasteiger partial charge >= 0.3 is 29.6 Å². The van der Waals surface area contributed by atoms with Gasteiger partial charge in [-0.15, -0.1) is 12.4 Å². The summed E-state index contributed by atoms with van der Waals surface area (Å²) in [6, 6.07) is 2.12. The van der Waals surface area contributed by atoms with Crippen LogP contribution < -0.4 is 5.32 Å². The Labute approximate surface area is 156 Å². The minimum absolute atomic E-state index is 0. The molecule has 0 amide bonds. The van der Waals surface area contributed by atoms with Gasteiger partial charge < -0.3 is 10.4 Å². The molecule has 0 aromatic heterocycles. The molecule has 5 heteroatoms. The van der Waals surface area contributed by atoms with Crippen LogP contribution in [-0.4, -0.2) is 53.6 Å². The fraction of sp³-hybridized carbons (Fsp3) is 0.562. The molecule has 2 N–H and O–H groups in total. The molecular weight excluding hydrogens is 295 g/mol. The predicted octanol–water partition coefficient (Wildman–Crippen LogP) is 2.62. The maximum atomic E-state index is 10.5. The Bertz CT molecular complexity index is 536. The monoisotopic (exact) mass is 320 g/mol. The number of aliphatic imine (C=N–C) groups is 1. The zero-order chi connectivity index (χ0) is 14.2. The van der Waals surface area contributed by atoms with Crippen molar-refractivity contribution in [1.29, 1.82) is 0 Å². The Morgan fingerprint density at radius 3 is 2.38 bits per heavy atom. The van der Waals surface area contributed by atoms with Gasteiger partial charge in [-0.1, -0.05) is 26.8 Å². The molecule has 0 radical (unpaired) electrons. The van der Waals surface area contributed by atoms with Gasteiger partial charge in [0.2, 0.25) is 0 Å². The quantitative estimate of drug-likeness (QED) is 0.823. The van der Waals surface area contributed by atoms with Crippen LogP contribution in [0.5, 0.6) is 5.75 Å². The van der Waals surface area contributed by atoms with Crippen molar-refractivity contribution in [2.75, 3.05) is 13.1 Å². The minimum atomic E-state index is -0.0404. The molecule has 1 heterocycles. The van der Waals surface area contributed by atoms with Crippen molar-refractivity contribution >= 4 is 47.8 Å². The van der Waals surface area contributed by atoms with E-state index in [1.807, 2.05) is 6.92 Å². The summed E-state index contributed by atoms with van der Waals surface area (Å²) in [6.45, 7) is 12.3. The number of amidine groups is 1. The van der Waals surface area contributed by atoms with Crippen molar-refractivity contribution in [3.05, 3.63) is 28.3 Å². The van der Waals surface area contributed by atoms with Crippen LogP contribution in [0, 0.1) is 13.8 Å². The van der Waals surface area contributed by atoms with Crippen molar-refractivity contribution < 1.29 is 5.11 Å². The van der Waals surface area contributed by atoms with Crippen LogP contribution in [0.1, 0.15) is 43.0 Å². The summed E-state index contributed by atoms with van der Waals surface area (Å²) in [6.07, 6.45) is 0.787. The molecule has 0 atom stereocenters. The number of aromatic hydroxyl groups is 1. The Morgan fingerprint density at radius 2 is 1.90 bits per heavy atom. The summed E-state index contributed by atoms with van der Waals surface area (Å²) in [5.74, 6) is 1.47. The van der Waals surface area contributed by atoms with Crippen LogP contribution >= 0.6 is 12.4 Å². The number of rotatable bonds is 2. The van der Waals surface area contributed by atoms with Gasteiger partial charge in [0.25, 0.3) is 0 Å². The number of halogens is 1. The van der Waals surface area contributed by atoms with E-state index < -0.39 is 0 Å². The van der Waals surface area contributed by atoms with Crippen LogP contribution in [0.15, 0.2) is 11.1 Å². The van der Waals surface area contributed by atoms with Gasteiger partial charge in [-0.3, -0.25) is 4.99 Å². The molecule has 0 unspecified atom stereocenters. The predicted molar refractivity (Wildman–Crippen MR) is 94.7 cm³/mol.